The van der Waals surface area contributed by atoms with Gasteiger partial charge in [0.2, 0.25) is 5.88 Å². The summed E-state index contributed by atoms with van der Waals surface area (Å²) in [4.78, 5) is 15.9. The molecule has 0 aromatic carbocycles. The van der Waals surface area contributed by atoms with Gasteiger partial charge in [-0.05, 0) is 89.8 Å². The van der Waals surface area contributed by atoms with E-state index in [0.717, 1.165) is 93.8 Å². The Balaban J connectivity index is 0.00000101. The fourth-order valence-corrected chi connectivity index (χ4v) is 7.79. The van der Waals surface area contributed by atoms with Gasteiger partial charge in [-0.25, -0.2) is 4.98 Å². The van der Waals surface area contributed by atoms with Crippen LogP contribution in [0.3, 0.4) is 0 Å². The summed E-state index contributed by atoms with van der Waals surface area (Å²) in [6.45, 7) is 22.1. The summed E-state index contributed by atoms with van der Waals surface area (Å²) in [6, 6.07) is 6.56. The van der Waals surface area contributed by atoms with Crippen molar-refractivity contribution in [3.63, 3.8) is 0 Å². The first-order valence-electron chi connectivity index (χ1n) is 19.7. The largest absolute Gasteiger partial charge is 0.476 e. The Bertz CT molecular complexity index is 1420. The SMILES string of the molecule is CC.CC.CC.CC.CC1CCCN(c2cc(OCC3CCCN3C)nc(-c3noc4c3CCCC[C@@H]4CCCc3cc(C#N)c(N)s3)n2)C1. The number of nitrogens with zero attached hydrogens (tertiary/aromatic N) is 6. The van der Waals surface area contributed by atoms with Gasteiger partial charge in [0.05, 0.1) is 5.56 Å². The third-order valence-corrected chi connectivity index (χ3v) is 10.3. The first-order valence-corrected chi connectivity index (χ1v) is 20.5. The van der Waals surface area contributed by atoms with Crippen molar-refractivity contribution in [2.75, 3.05) is 43.9 Å². The van der Waals surface area contributed by atoms with Gasteiger partial charge in [0.15, 0.2) is 11.5 Å². The summed E-state index contributed by atoms with van der Waals surface area (Å²) >= 11 is 1.53. The maximum Gasteiger partial charge on any atom is 0.219 e. The summed E-state index contributed by atoms with van der Waals surface area (Å²) in [5.74, 6) is 4.12. The van der Waals surface area contributed by atoms with Crippen LogP contribution in [0.15, 0.2) is 16.7 Å². The predicted octanol–water partition coefficient (Wildman–Crippen LogP) is 10.3. The van der Waals surface area contributed by atoms with Crippen LogP contribution in [0.2, 0.25) is 0 Å². The van der Waals surface area contributed by atoms with Crippen molar-refractivity contribution in [2.24, 2.45) is 5.92 Å². The van der Waals surface area contributed by atoms with Crippen LogP contribution in [0.1, 0.15) is 148 Å². The van der Waals surface area contributed by atoms with Gasteiger partial charge >= 0.3 is 0 Å². The molecular formula is C40H67N7O2S. The van der Waals surface area contributed by atoms with Crippen LogP contribution in [0.25, 0.3) is 11.5 Å². The second-order valence-electron chi connectivity index (χ2n) is 12.5. The Morgan fingerprint density at radius 3 is 2.38 bits per heavy atom. The average molecular weight is 710 g/mol. The Hall–Kier alpha value is -3.16. The smallest absolute Gasteiger partial charge is 0.219 e. The number of nitrogen functional groups attached to an aromatic ring is 1. The van der Waals surface area contributed by atoms with Crippen molar-refractivity contribution in [2.45, 2.75) is 145 Å². The van der Waals surface area contributed by atoms with E-state index in [-0.39, 0.29) is 0 Å². The molecule has 0 amide bonds. The van der Waals surface area contributed by atoms with Gasteiger partial charge in [-0.3, -0.25) is 0 Å². The minimum Gasteiger partial charge on any atom is -0.476 e. The molecule has 3 aromatic heterocycles. The minimum atomic E-state index is 0.316. The second-order valence-corrected chi connectivity index (χ2v) is 13.6. The van der Waals surface area contributed by atoms with Crippen LogP contribution in [-0.2, 0) is 12.8 Å². The summed E-state index contributed by atoms with van der Waals surface area (Å²) in [5.41, 5.74) is 8.51. The number of ether oxygens (including phenoxy) is 1. The number of rotatable bonds is 9. The van der Waals surface area contributed by atoms with Crippen LogP contribution < -0.4 is 15.4 Å². The van der Waals surface area contributed by atoms with Crippen molar-refractivity contribution in [1.82, 2.24) is 20.0 Å². The van der Waals surface area contributed by atoms with Crippen LogP contribution in [0.4, 0.5) is 10.8 Å². The molecule has 1 aliphatic carbocycles. The number of fused-ring (bicyclic) bond motifs is 1. The number of hydrogen-bond acceptors (Lipinski definition) is 10. The Kier molecular flexibility index (Phi) is 20.1. The van der Waals surface area contributed by atoms with Crippen molar-refractivity contribution >= 4 is 22.2 Å². The molecule has 5 heterocycles. The van der Waals surface area contributed by atoms with Gasteiger partial charge in [-0.15, -0.1) is 11.3 Å². The summed E-state index contributed by atoms with van der Waals surface area (Å²) in [7, 11) is 2.17. The summed E-state index contributed by atoms with van der Waals surface area (Å²) in [6.07, 6.45) is 12.0. The number of nitriles is 1. The Morgan fingerprint density at radius 1 is 0.980 bits per heavy atom. The molecule has 10 heteroatoms. The number of hydrogen-bond donors (Lipinski definition) is 1. The lowest BCUT2D eigenvalue weighted by Crippen LogP contribution is -2.35. The molecule has 9 nitrogen and oxygen atoms in total. The van der Waals surface area contributed by atoms with E-state index in [9.17, 15) is 5.26 Å². The number of likely N-dealkylation sites (N-methyl/N-ethyl adjacent to an activating group) is 1. The molecule has 2 fully saturated rings. The molecule has 2 N–H and O–H groups in total. The molecule has 0 radical (unpaired) electrons. The fraction of sp³-hybridized carbons (Fsp3) is 0.700. The molecule has 280 valence electrons. The third kappa shape index (κ3) is 11.7. The molecule has 2 aliphatic heterocycles. The van der Waals surface area contributed by atoms with E-state index >= 15 is 0 Å². The fourth-order valence-electron chi connectivity index (χ4n) is 6.87. The monoisotopic (exact) mass is 710 g/mol. The number of piperidine rings is 1. The Labute approximate surface area is 308 Å². The van der Waals surface area contributed by atoms with Gasteiger partial charge in [0, 0.05) is 41.6 Å². The van der Waals surface area contributed by atoms with E-state index in [0.29, 0.717) is 46.8 Å². The van der Waals surface area contributed by atoms with Crippen molar-refractivity contribution in [3.8, 4) is 23.5 Å². The van der Waals surface area contributed by atoms with Gasteiger partial charge in [0.25, 0.3) is 0 Å². The van der Waals surface area contributed by atoms with E-state index in [4.69, 9.17) is 25.0 Å². The molecule has 2 saturated heterocycles. The van der Waals surface area contributed by atoms with Crippen LogP contribution in [0, 0.1) is 17.2 Å². The van der Waals surface area contributed by atoms with Gasteiger partial charge in [0.1, 0.15) is 29.3 Å². The molecule has 6 rings (SSSR count). The summed E-state index contributed by atoms with van der Waals surface area (Å²) in [5, 5.41) is 14.5. The molecule has 0 bridgehead atoms. The molecule has 3 aromatic rings. The third-order valence-electron chi connectivity index (χ3n) is 9.30. The predicted molar refractivity (Wildman–Crippen MR) is 211 cm³/mol. The minimum absolute atomic E-state index is 0.316. The number of nitrogens with two attached hydrogens (primary N) is 1. The van der Waals surface area contributed by atoms with Crippen molar-refractivity contribution in [3.05, 3.63) is 33.9 Å². The van der Waals surface area contributed by atoms with Gasteiger partial charge < -0.3 is 24.8 Å². The van der Waals surface area contributed by atoms with E-state index in [1.54, 1.807) is 0 Å². The zero-order valence-corrected chi connectivity index (χ0v) is 33.8. The Morgan fingerprint density at radius 2 is 1.72 bits per heavy atom. The highest BCUT2D eigenvalue weighted by molar-refractivity contribution is 7.16. The molecule has 2 unspecified atom stereocenters. The molecule has 50 heavy (non-hydrogen) atoms. The number of thiophene rings is 1. The highest BCUT2D eigenvalue weighted by atomic mass is 32.1. The molecule has 0 spiro atoms. The maximum atomic E-state index is 9.24. The number of anilines is 2. The number of aromatic nitrogens is 3. The van der Waals surface area contributed by atoms with E-state index in [1.165, 1.54) is 35.5 Å². The number of likely N-dealkylation sites (tertiary alicyclic amines) is 1. The van der Waals surface area contributed by atoms with E-state index in [1.807, 2.05) is 67.5 Å². The standard InChI is InChI=1S/C32H43N7O2S.4C2H6/c1-21-8-6-15-39(19-21)27-17-28(40-20-24-11-7-14-38(24)2)36-32(35-27)29-26-13-4-3-9-22(30(26)41-37-29)10-5-12-25-16-23(18-33)31(34)42-25;4*1-2/h16-17,21-22,24H,3-15,19-20,34H2,1-2H3;4*1-2H3/t21?,22-,24?;;;;/m1..../s1. The molecule has 3 atom stereocenters. The quantitative estimate of drug-likeness (QED) is 0.217. The number of aryl methyl sites for hydroxylation is 1. The molecule has 0 saturated carbocycles. The highest BCUT2D eigenvalue weighted by Gasteiger charge is 2.30. The highest BCUT2D eigenvalue weighted by Crippen LogP contribution is 2.39. The van der Waals surface area contributed by atoms with Crippen LogP contribution >= 0.6 is 11.3 Å². The lowest BCUT2D eigenvalue weighted by atomic mass is 9.93. The zero-order chi connectivity index (χ0) is 37.1. The first kappa shape index (κ1) is 43.0. The van der Waals surface area contributed by atoms with Crippen molar-refractivity contribution in [1.29, 1.82) is 5.26 Å². The van der Waals surface area contributed by atoms with Gasteiger partial charge in [-0.1, -0.05) is 73.9 Å². The second kappa shape index (κ2) is 23.3. The maximum absolute atomic E-state index is 9.24. The van der Waals surface area contributed by atoms with E-state index in [2.05, 4.69) is 35.0 Å². The zero-order valence-electron chi connectivity index (χ0n) is 33.0. The molecular weight excluding hydrogens is 643 g/mol. The normalized spacial score (nSPS) is 19.8. The van der Waals surface area contributed by atoms with Crippen LogP contribution in [-0.4, -0.2) is 59.4 Å². The topological polar surface area (TPSA) is 117 Å². The lowest BCUT2D eigenvalue weighted by Gasteiger charge is -2.32. The first-order chi connectivity index (χ1) is 24.5. The average Bonchev–Trinajstić information content (AvgIpc) is 3.85. The van der Waals surface area contributed by atoms with Crippen LogP contribution in [0.5, 0.6) is 5.88 Å². The molecule has 3 aliphatic rings. The van der Waals surface area contributed by atoms with Crippen molar-refractivity contribution < 1.29 is 9.26 Å². The van der Waals surface area contributed by atoms with E-state index < -0.39 is 0 Å². The summed E-state index contributed by atoms with van der Waals surface area (Å²) < 4.78 is 12.5. The van der Waals surface area contributed by atoms with Gasteiger partial charge in [-0.2, -0.15) is 10.2 Å². The lowest BCUT2D eigenvalue weighted by molar-refractivity contribution is 0.193.